The summed E-state index contributed by atoms with van der Waals surface area (Å²) in [6.07, 6.45) is 3.23. The van der Waals surface area contributed by atoms with E-state index >= 15 is 0 Å². The molecule has 0 atom stereocenters. The summed E-state index contributed by atoms with van der Waals surface area (Å²) in [4.78, 5) is 16.3. The van der Waals surface area contributed by atoms with Crippen molar-refractivity contribution in [2.45, 2.75) is 13.1 Å². The number of aromatic nitrogens is 4. The standard InChI is InChI=1S/C19H14Cl2FN5/c20-15-5-2-6-16(21)14(15)9-27-11-26-18(17-19(27)25-10-24-17)23-8-12-3-1-4-13(22)7-12/h1-7,10-11H,8-9H2,(H,24,25). The normalized spacial score (nSPS) is 12.0. The van der Waals surface area contributed by atoms with Gasteiger partial charge in [0.05, 0.1) is 25.7 Å². The summed E-state index contributed by atoms with van der Waals surface area (Å²) < 4.78 is 15.2. The molecule has 27 heavy (non-hydrogen) atoms. The van der Waals surface area contributed by atoms with E-state index in [0.29, 0.717) is 39.8 Å². The number of halogens is 3. The third-order valence-corrected chi connectivity index (χ3v) is 4.83. The van der Waals surface area contributed by atoms with E-state index in [2.05, 4.69) is 19.9 Å². The van der Waals surface area contributed by atoms with Crippen LogP contribution in [0, 0.1) is 5.82 Å². The molecule has 0 bridgehead atoms. The monoisotopic (exact) mass is 401 g/mol. The number of rotatable bonds is 4. The molecular formula is C19H14Cl2FN5. The molecule has 0 amide bonds. The zero-order valence-electron chi connectivity index (χ0n) is 14.0. The van der Waals surface area contributed by atoms with Gasteiger partial charge in [-0.15, -0.1) is 0 Å². The molecule has 136 valence electrons. The van der Waals surface area contributed by atoms with Crippen LogP contribution in [0.2, 0.25) is 10.0 Å². The van der Waals surface area contributed by atoms with E-state index in [4.69, 9.17) is 23.2 Å². The Balaban J connectivity index is 1.71. The van der Waals surface area contributed by atoms with Crippen LogP contribution >= 0.6 is 23.2 Å². The number of H-pyrrole nitrogens is 1. The number of aromatic amines is 1. The number of hydrogen-bond donors (Lipinski definition) is 1. The van der Waals surface area contributed by atoms with Gasteiger partial charge in [-0.3, -0.25) is 4.99 Å². The van der Waals surface area contributed by atoms with E-state index in [1.54, 1.807) is 36.9 Å². The zero-order chi connectivity index (χ0) is 18.8. The average Bonchev–Trinajstić information content (AvgIpc) is 3.14. The summed E-state index contributed by atoms with van der Waals surface area (Å²) in [6, 6.07) is 11.7. The molecule has 0 aliphatic carbocycles. The van der Waals surface area contributed by atoms with Crippen LogP contribution in [0.4, 0.5) is 4.39 Å². The molecule has 2 heterocycles. The van der Waals surface area contributed by atoms with E-state index in [1.807, 2.05) is 10.6 Å². The summed E-state index contributed by atoms with van der Waals surface area (Å²) in [5.74, 6) is -0.287. The Morgan fingerprint density at radius 2 is 1.85 bits per heavy atom. The van der Waals surface area contributed by atoms with Crippen molar-refractivity contribution < 1.29 is 4.39 Å². The van der Waals surface area contributed by atoms with E-state index in [-0.39, 0.29) is 5.82 Å². The van der Waals surface area contributed by atoms with Crippen molar-refractivity contribution in [1.29, 1.82) is 0 Å². The van der Waals surface area contributed by atoms with E-state index in [1.165, 1.54) is 12.1 Å². The van der Waals surface area contributed by atoms with Crippen LogP contribution in [0.3, 0.4) is 0 Å². The molecule has 4 aromatic rings. The molecule has 4 rings (SSSR count). The Morgan fingerprint density at radius 1 is 1.07 bits per heavy atom. The Hall–Kier alpha value is -2.70. The number of hydrogen-bond acceptors (Lipinski definition) is 3. The van der Waals surface area contributed by atoms with Gasteiger partial charge in [-0.25, -0.2) is 14.4 Å². The third-order valence-electron chi connectivity index (χ3n) is 4.12. The lowest BCUT2D eigenvalue weighted by molar-refractivity contribution is 0.625. The number of imidazole rings is 1. The minimum absolute atomic E-state index is 0.287. The van der Waals surface area contributed by atoms with Gasteiger partial charge in [-0.05, 0) is 29.8 Å². The fourth-order valence-corrected chi connectivity index (χ4v) is 3.32. The molecule has 1 N–H and O–H groups in total. The molecule has 0 fully saturated rings. The molecule has 2 aromatic carbocycles. The Bertz CT molecular complexity index is 1160. The molecule has 0 unspecified atom stereocenters. The predicted molar refractivity (Wildman–Crippen MR) is 103 cm³/mol. The summed E-state index contributed by atoms with van der Waals surface area (Å²) in [5.41, 5.74) is 3.44. The van der Waals surface area contributed by atoms with Gasteiger partial charge in [0.1, 0.15) is 11.3 Å². The molecule has 0 aliphatic rings. The quantitative estimate of drug-likeness (QED) is 0.552. The third kappa shape index (κ3) is 3.72. The van der Waals surface area contributed by atoms with Crippen molar-refractivity contribution in [3.8, 4) is 0 Å². The van der Waals surface area contributed by atoms with E-state index < -0.39 is 0 Å². The molecule has 0 saturated heterocycles. The molecule has 8 heteroatoms. The van der Waals surface area contributed by atoms with Gasteiger partial charge in [0.15, 0.2) is 11.1 Å². The van der Waals surface area contributed by atoms with E-state index in [9.17, 15) is 4.39 Å². The lowest BCUT2D eigenvalue weighted by Crippen LogP contribution is -2.15. The fraction of sp³-hybridized carbons (Fsp3) is 0.105. The molecule has 0 radical (unpaired) electrons. The van der Waals surface area contributed by atoms with Crippen molar-refractivity contribution in [3.05, 3.63) is 87.6 Å². The van der Waals surface area contributed by atoms with Crippen LogP contribution < -0.4 is 5.49 Å². The molecule has 0 saturated carbocycles. The highest BCUT2D eigenvalue weighted by molar-refractivity contribution is 6.36. The lowest BCUT2D eigenvalue weighted by atomic mass is 10.2. The first-order valence-corrected chi connectivity index (χ1v) is 8.94. The Morgan fingerprint density at radius 3 is 2.63 bits per heavy atom. The Kier molecular flexibility index (Phi) is 4.92. The SMILES string of the molecule is Fc1cccc(CN=c2ncn(Cc3c(Cl)cccc3Cl)c3nc[nH]c23)c1. The van der Waals surface area contributed by atoms with Gasteiger partial charge >= 0.3 is 0 Å². The van der Waals surface area contributed by atoms with Crippen LogP contribution in [0.15, 0.2) is 60.1 Å². The maximum absolute atomic E-state index is 13.3. The number of benzene rings is 2. The average molecular weight is 402 g/mol. The zero-order valence-corrected chi connectivity index (χ0v) is 15.5. The van der Waals surface area contributed by atoms with Crippen molar-refractivity contribution >= 4 is 34.4 Å². The molecular weight excluding hydrogens is 388 g/mol. The highest BCUT2D eigenvalue weighted by Crippen LogP contribution is 2.25. The summed E-state index contributed by atoms with van der Waals surface area (Å²) in [6.45, 7) is 0.746. The lowest BCUT2D eigenvalue weighted by Gasteiger charge is -2.10. The first-order chi connectivity index (χ1) is 13.1. The molecule has 0 spiro atoms. The van der Waals surface area contributed by atoms with Gasteiger partial charge in [0.2, 0.25) is 0 Å². The summed E-state index contributed by atoms with van der Waals surface area (Å²) in [7, 11) is 0. The van der Waals surface area contributed by atoms with Gasteiger partial charge in [-0.2, -0.15) is 0 Å². The molecule has 0 aliphatic heterocycles. The first kappa shape index (κ1) is 17.7. The van der Waals surface area contributed by atoms with Crippen LogP contribution in [0.5, 0.6) is 0 Å². The fourth-order valence-electron chi connectivity index (χ4n) is 2.80. The van der Waals surface area contributed by atoms with Gasteiger partial charge in [0, 0.05) is 15.6 Å². The second-order valence-corrected chi connectivity index (χ2v) is 6.76. The maximum Gasteiger partial charge on any atom is 0.177 e. The topological polar surface area (TPSA) is 58.9 Å². The summed E-state index contributed by atoms with van der Waals surface area (Å²) >= 11 is 12.5. The second kappa shape index (κ2) is 7.50. The predicted octanol–water partition coefficient (Wildman–Crippen LogP) is 4.35. The minimum atomic E-state index is -0.287. The Labute approximate surface area is 164 Å². The minimum Gasteiger partial charge on any atom is -0.340 e. The highest BCUT2D eigenvalue weighted by atomic mass is 35.5. The maximum atomic E-state index is 13.3. The first-order valence-electron chi connectivity index (χ1n) is 8.18. The van der Waals surface area contributed by atoms with Crippen LogP contribution in [-0.2, 0) is 13.1 Å². The van der Waals surface area contributed by atoms with Crippen LogP contribution in [0.1, 0.15) is 11.1 Å². The van der Waals surface area contributed by atoms with E-state index in [0.717, 1.165) is 11.1 Å². The number of fused-ring (bicyclic) bond motifs is 1. The van der Waals surface area contributed by atoms with Crippen molar-refractivity contribution in [2.24, 2.45) is 4.99 Å². The number of nitrogens with one attached hydrogen (secondary N) is 1. The highest BCUT2D eigenvalue weighted by Gasteiger charge is 2.10. The summed E-state index contributed by atoms with van der Waals surface area (Å²) in [5, 5.41) is 1.16. The molecule has 5 nitrogen and oxygen atoms in total. The van der Waals surface area contributed by atoms with Crippen LogP contribution in [-0.4, -0.2) is 19.5 Å². The molecule has 2 aromatic heterocycles. The van der Waals surface area contributed by atoms with Crippen molar-refractivity contribution in [3.63, 3.8) is 0 Å². The van der Waals surface area contributed by atoms with Gasteiger partial charge in [-0.1, -0.05) is 41.4 Å². The second-order valence-electron chi connectivity index (χ2n) is 5.94. The van der Waals surface area contributed by atoms with Crippen LogP contribution in [0.25, 0.3) is 11.2 Å². The van der Waals surface area contributed by atoms with Crippen molar-refractivity contribution in [1.82, 2.24) is 19.5 Å². The van der Waals surface area contributed by atoms with Gasteiger partial charge < -0.3 is 9.55 Å². The smallest absolute Gasteiger partial charge is 0.177 e. The van der Waals surface area contributed by atoms with Gasteiger partial charge in [0.25, 0.3) is 0 Å². The number of nitrogens with zero attached hydrogens (tertiary/aromatic N) is 4. The largest absolute Gasteiger partial charge is 0.340 e. The van der Waals surface area contributed by atoms with Crippen molar-refractivity contribution in [2.75, 3.05) is 0 Å².